The summed E-state index contributed by atoms with van der Waals surface area (Å²) in [5.41, 5.74) is -1.46. The van der Waals surface area contributed by atoms with Crippen LogP contribution in [0.2, 0.25) is 0 Å². The molecule has 1 heterocycles. The highest BCUT2D eigenvalue weighted by atomic mass is 32.2. The van der Waals surface area contributed by atoms with Crippen LogP contribution >= 0.6 is 0 Å². The summed E-state index contributed by atoms with van der Waals surface area (Å²) in [6, 6.07) is 0. The normalized spacial score (nSPS) is 41.1. The number of hydrogen-bond donors (Lipinski definition) is 0. The van der Waals surface area contributed by atoms with E-state index in [2.05, 4.69) is 0 Å². The van der Waals surface area contributed by atoms with E-state index in [0.717, 1.165) is 0 Å². The summed E-state index contributed by atoms with van der Waals surface area (Å²) in [6.07, 6.45) is 0.162. The molecule has 0 bridgehead atoms. The van der Waals surface area contributed by atoms with E-state index in [9.17, 15) is 12.8 Å². The predicted molar refractivity (Wildman–Crippen MR) is 32.8 cm³/mol. The van der Waals surface area contributed by atoms with E-state index < -0.39 is 15.5 Å². The van der Waals surface area contributed by atoms with Crippen molar-refractivity contribution in [2.45, 2.75) is 19.0 Å². The predicted octanol–water partition coefficient (Wildman–Crippen LogP) is 0.533. The van der Waals surface area contributed by atoms with Crippen molar-refractivity contribution in [1.82, 2.24) is 0 Å². The fourth-order valence-corrected chi connectivity index (χ4v) is 2.91. The molecule has 0 spiro atoms. The van der Waals surface area contributed by atoms with Gasteiger partial charge in [0, 0.05) is 0 Å². The van der Waals surface area contributed by atoms with Crippen LogP contribution in [0.15, 0.2) is 0 Å². The SMILES string of the molecule is CC1(F)CCS(=O)(=O)C1. The van der Waals surface area contributed by atoms with Crippen LogP contribution in [0, 0.1) is 0 Å². The number of alkyl halides is 1. The van der Waals surface area contributed by atoms with Crippen LogP contribution in [-0.2, 0) is 9.84 Å². The maximum atomic E-state index is 12.7. The molecule has 1 aliphatic heterocycles. The van der Waals surface area contributed by atoms with Gasteiger partial charge >= 0.3 is 0 Å². The van der Waals surface area contributed by atoms with Gasteiger partial charge in [-0.25, -0.2) is 12.8 Å². The highest BCUT2D eigenvalue weighted by Crippen LogP contribution is 2.26. The molecule has 1 unspecified atom stereocenters. The van der Waals surface area contributed by atoms with Gasteiger partial charge in [-0.3, -0.25) is 0 Å². The number of sulfone groups is 1. The zero-order valence-corrected chi connectivity index (χ0v) is 6.04. The molecule has 0 aliphatic carbocycles. The summed E-state index contributed by atoms with van der Waals surface area (Å²) in [7, 11) is -3.03. The number of rotatable bonds is 0. The van der Waals surface area contributed by atoms with Crippen molar-refractivity contribution in [2.24, 2.45) is 0 Å². The van der Waals surface area contributed by atoms with Crippen molar-refractivity contribution < 1.29 is 12.8 Å². The lowest BCUT2D eigenvalue weighted by molar-refractivity contribution is 0.226. The van der Waals surface area contributed by atoms with Gasteiger partial charge in [0.15, 0.2) is 9.84 Å². The summed E-state index contributed by atoms with van der Waals surface area (Å²) < 4.78 is 33.9. The monoisotopic (exact) mass is 152 g/mol. The average molecular weight is 152 g/mol. The fraction of sp³-hybridized carbons (Fsp3) is 1.00. The third-order valence-electron chi connectivity index (χ3n) is 1.46. The lowest BCUT2D eigenvalue weighted by Gasteiger charge is -2.06. The van der Waals surface area contributed by atoms with E-state index >= 15 is 0 Å². The summed E-state index contributed by atoms with van der Waals surface area (Å²) in [6.45, 7) is 1.33. The van der Waals surface area contributed by atoms with Crippen molar-refractivity contribution >= 4 is 9.84 Å². The molecule has 0 radical (unpaired) electrons. The lowest BCUT2D eigenvalue weighted by atomic mass is 10.1. The Balaban J connectivity index is 2.81. The van der Waals surface area contributed by atoms with Crippen LogP contribution in [0.5, 0.6) is 0 Å². The lowest BCUT2D eigenvalue weighted by Crippen LogP contribution is -2.18. The summed E-state index contributed by atoms with van der Waals surface area (Å²) in [5, 5.41) is 0. The van der Waals surface area contributed by atoms with Crippen LogP contribution in [0.4, 0.5) is 4.39 Å². The van der Waals surface area contributed by atoms with Crippen molar-refractivity contribution in [2.75, 3.05) is 11.5 Å². The second-order valence-corrected chi connectivity index (χ2v) is 4.94. The van der Waals surface area contributed by atoms with Gasteiger partial charge in [0.05, 0.1) is 11.5 Å². The minimum absolute atomic E-state index is 0.0139. The first-order chi connectivity index (χ1) is 3.91. The molecule has 0 aromatic heterocycles. The summed E-state index contributed by atoms with van der Waals surface area (Å²) in [5.74, 6) is -0.278. The molecule has 2 nitrogen and oxygen atoms in total. The molecule has 1 aliphatic rings. The van der Waals surface area contributed by atoms with E-state index in [-0.39, 0.29) is 17.9 Å². The van der Waals surface area contributed by atoms with Crippen LogP contribution in [0.25, 0.3) is 0 Å². The van der Waals surface area contributed by atoms with Crippen molar-refractivity contribution in [3.05, 3.63) is 0 Å². The Hall–Kier alpha value is -0.120. The Kier molecular flexibility index (Phi) is 1.31. The smallest absolute Gasteiger partial charge is 0.153 e. The fourth-order valence-electron chi connectivity index (χ4n) is 0.971. The molecule has 0 aromatic rings. The molecule has 54 valence electrons. The third-order valence-corrected chi connectivity index (χ3v) is 3.32. The van der Waals surface area contributed by atoms with Gasteiger partial charge in [0.1, 0.15) is 5.67 Å². The van der Waals surface area contributed by atoms with Crippen LogP contribution in [0.3, 0.4) is 0 Å². The van der Waals surface area contributed by atoms with Crippen molar-refractivity contribution in [1.29, 1.82) is 0 Å². The average Bonchev–Trinajstić information content (AvgIpc) is 1.78. The van der Waals surface area contributed by atoms with Crippen molar-refractivity contribution in [3.63, 3.8) is 0 Å². The van der Waals surface area contributed by atoms with Crippen LogP contribution < -0.4 is 0 Å². The van der Waals surface area contributed by atoms with Crippen LogP contribution in [-0.4, -0.2) is 25.6 Å². The van der Waals surface area contributed by atoms with E-state index in [1.165, 1.54) is 6.92 Å². The largest absolute Gasteiger partial charge is 0.243 e. The van der Waals surface area contributed by atoms with Gasteiger partial charge in [0.25, 0.3) is 0 Å². The second kappa shape index (κ2) is 1.68. The van der Waals surface area contributed by atoms with Crippen LogP contribution in [0.1, 0.15) is 13.3 Å². The Bertz CT molecular complexity index is 205. The topological polar surface area (TPSA) is 34.1 Å². The quantitative estimate of drug-likeness (QED) is 0.507. The van der Waals surface area contributed by atoms with Gasteiger partial charge in [-0.1, -0.05) is 0 Å². The maximum absolute atomic E-state index is 12.7. The first-order valence-electron chi connectivity index (χ1n) is 2.81. The van der Waals surface area contributed by atoms with E-state index in [1.807, 2.05) is 0 Å². The Morgan fingerprint density at radius 1 is 1.56 bits per heavy atom. The standard InChI is InChI=1S/C5H9FO2S/c1-5(6)2-3-9(7,8)4-5/h2-4H2,1H3. The molecule has 0 aromatic carbocycles. The minimum Gasteiger partial charge on any atom is -0.243 e. The third kappa shape index (κ3) is 1.64. The van der Waals surface area contributed by atoms with E-state index in [0.29, 0.717) is 0 Å². The Morgan fingerprint density at radius 3 is 2.22 bits per heavy atom. The molecule has 9 heavy (non-hydrogen) atoms. The van der Waals surface area contributed by atoms with Gasteiger partial charge in [-0.15, -0.1) is 0 Å². The molecule has 1 rings (SSSR count). The molecule has 1 saturated heterocycles. The number of halogens is 1. The highest BCUT2D eigenvalue weighted by molar-refractivity contribution is 7.91. The zero-order valence-electron chi connectivity index (χ0n) is 5.22. The molecular weight excluding hydrogens is 143 g/mol. The first-order valence-corrected chi connectivity index (χ1v) is 4.63. The molecule has 0 amide bonds. The minimum atomic E-state index is -3.03. The summed E-state index contributed by atoms with van der Waals surface area (Å²) in [4.78, 5) is 0. The van der Waals surface area contributed by atoms with E-state index in [1.54, 1.807) is 0 Å². The molecular formula is C5H9FO2S. The van der Waals surface area contributed by atoms with E-state index in [4.69, 9.17) is 0 Å². The first kappa shape index (κ1) is 6.99. The molecule has 0 N–H and O–H groups in total. The van der Waals surface area contributed by atoms with Crippen molar-refractivity contribution in [3.8, 4) is 0 Å². The Labute approximate surface area is 54.0 Å². The van der Waals surface area contributed by atoms with Gasteiger partial charge in [-0.2, -0.15) is 0 Å². The zero-order chi connectivity index (χ0) is 7.12. The molecule has 1 atom stereocenters. The summed E-state index contributed by atoms with van der Waals surface area (Å²) >= 11 is 0. The van der Waals surface area contributed by atoms with Gasteiger partial charge in [-0.05, 0) is 13.3 Å². The Morgan fingerprint density at radius 2 is 2.11 bits per heavy atom. The second-order valence-electron chi connectivity index (χ2n) is 2.76. The van der Waals surface area contributed by atoms with Gasteiger partial charge in [0.2, 0.25) is 0 Å². The molecule has 4 heteroatoms. The maximum Gasteiger partial charge on any atom is 0.153 e. The van der Waals surface area contributed by atoms with Gasteiger partial charge < -0.3 is 0 Å². The molecule has 1 fully saturated rings. The molecule has 0 saturated carbocycles. The highest BCUT2D eigenvalue weighted by Gasteiger charge is 2.38. The number of hydrogen-bond acceptors (Lipinski definition) is 2.